The Kier molecular flexibility index (Phi) is 5.67. The molecule has 2 atom stereocenters. The molecule has 1 fully saturated rings. The first kappa shape index (κ1) is 18.6. The van der Waals surface area contributed by atoms with E-state index in [0.29, 0.717) is 24.8 Å². The van der Waals surface area contributed by atoms with E-state index in [0.717, 1.165) is 10.6 Å². The van der Waals surface area contributed by atoms with Gasteiger partial charge in [-0.15, -0.1) is 11.8 Å². The van der Waals surface area contributed by atoms with Gasteiger partial charge in [0.1, 0.15) is 11.9 Å². The van der Waals surface area contributed by atoms with Crippen LogP contribution in [0.4, 0.5) is 4.39 Å². The Bertz CT molecular complexity index is 757. The van der Waals surface area contributed by atoms with Crippen LogP contribution in [0.15, 0.2) is 23.1 Å². The van der Waals surface area contributed by atoms with Gasteiger partial charge >= 0.3 is 5.97 Å². The topological polar surface area (TPSA) is 75.7 Å². The third-order valence-electron chi connectivity index (χ3n) is 4.37. The molecule has 9 heteroatoms. The fourth-order valence-electron chi connectivity index (χ4n) is 3.24. The molecular formula is C16H21FN2O4S2. The predicted octanol–water partition coefficient (Wildman–Crippen LogP) is 2.22. The van der Waals surface area contributed by atoms with Gasteiger partial charge in [0.2, 0.25) is 0 Å². The summed E-state index contributed by atoms with van der Waals surface area (Å²) in [5, 5.41) is 0. The quantitative estimate of drug-likeness (QED) is 0.783. The van der Waals surface area contributed by atoms with Crippen molar-refractivity contribution >= 4 is 27.9 Å². The van der Waals surface area contributed by atoms with Crippen LogP contribution in [0.1, 0.15) is 37.8 Å². The van der Waals surface area contributed by atoms with Crippen molar-refractivity contribution < 1.29 is 22.3 Å². The largest absolute Gasteiger partial charge is 0.465 e. The first-order valence-electron chi connectivity index (χ1n) is 8.30. The van der Waals surface area contributed by atoms with Gasteiger partial charge in [-0.1, -0.05) is 0 Å². The number of hydrogen-bond acceptors (Lipinski definition) is 5. The van der Waals surface area contributed by atoms with Crippen LogP contribution in [0.5, 0.6) is 0 Å². The SMILES string of the molecule is CCOC(=O)[C@@H]1CCCN1S(=O)(=O)N[C@@H]1CCSc2ccc(F)cc21. The van der Waals surface area contributed by atoms with E-state index in [9.17, 15) is 17.6 Å². The summed E-state index contributed by atoms with van der Waals surface area (Å²) in [5.74, 6) is -0.167. The molecule has 0 spiro atoms. The van der Waals surface area contributed by atoms with Crippen LogP contribution in [-0.4, -0.2) is 43.6 Å². The fourth-order valence-corrected chi connectivity index (χ4v) is 5.98. The number of esters is 1. The summed E-state index contributed by atoms with van der Waals surface area (Å²) in [6.07, 6.45) is 1.62. The minimum absolute atomic E-state index is 0.211. The highest BCUT2D eigenvalue weighted by atomic mass is 32.2. The van der Waals surface area contributed by atoms with E-state index in [4.69, 9.17) is 4.74 Å². The van der Waals surface area contributed by atoms with E-state index >= 15 is 0 Å². The van der Waals surface area contributed by atoms with E-state index in [-0.39, 0.29) is 13.2 Å². The summed E-state index contributed by atoms with van der Waals surface area (Å²) in [4.78, 5) is 12.9. The molecule has 0 bridgehead atoms. The first-order valence-corrected chi connectivity index (χ1v) is 10.7. The Morgan fingerprint density at radius 1 is 1.44 bits per heavy atom. The lowest BCUT2D eigenvalue weighted by Crippen LogP contribution is -2.48. The normalized spacial score (nSPS) is 24.1. The molecule has 0 unspecified atom stereocenters. The number of nitrogens with zero attached hydrogens (tertiary/aromatic N) is 1. The third kappa shape index (κ3) is 3.99. The molecule has 6 nitrogen and oxygen atoms in total. The average Bonchev–Trinajstić information content (AvgIpc) is 3.06. The lowest BCUT2D eigenvalue weighted by Gasteiger charge is -2.29. The Hall–Kier alpha value is -1.16. The Labute approximate surface area is 151 Å². The van der Waals surface area contributed by atoms with Gasteiger partial charge in [0, 0.05) is 17.5 Å². The van der Waals surface area contributed by atoms with Crippen LogP contribution in [0.2, 0.25) is 0 Å². The maximum Gasteiger partial charge on any atom is 0.324 e. The number of carbonyl (C=O) groups is 1. The molecule has 25 heavy (non-hydrogen) atoms. The molecular weight excluding hydrogens is 367 g/mol. The second-order valence-electron chi connectivity index (χ2n) is 6.02. The molecule has 138 valence electrons. The molecule has 0 saturated carbocycles. The molecule has 1 aromatic rings. The van der Waals surface area contributed by atoms with Crippen molar-refractivity contribution in [1.82, 2.24) is 9.03 Å². The van der Waals surface area contributed by atoms with Crippen LogP contribution in [-0.2, 0) is 19.7 Å². The van der Waals surface area contributed by atoms with Gasteiger partial charge < -0.3 is 4.74 Å². The van der Waals surface area contributed by atoms with Crippen molar-refractivity contribution in [2.24, 2.45) is 0 Å². The molecule has 0 aromatic heterocycles. The second-order valence-corrected chi connectivity index (χ2v) is 8.81. The molecule has 3 rings (SSSR count). The van der Waals surface area contributed by atoms with Gasteiger partial charge in [-0.2, -0.15) is 17.4 Å². The molecule has 1 N–H and O–H groups in total. The molecule has 2 heterocycles. The molecule has 2 aliphatic rings. The maximum absolute atomic E-state index is 13.6. The van der Waals surface area contributed by atoms with Crippen LogP contribution in [0.25, 0.3) is 0 Å². The van der Waals surface area contributed by atoms with Crippen molar-refractivity contribution in [3.8, 4) is 0 Å². The number of benzene rings is 1. The Balaban J connectivity index is 1.81. The van der Waals surface area contributed by atoms with Crippen molar-refractivity contribution in [3.05, 3.63) is 29.6 Å². The summed E-state index contributed by atoms with van der Waals surface area (Å²) in [6.45, 7) is 2.18. The number of ether oxygens (including phenoxy) is 1. The summed E-state index contributed by atoms with van der Waals surface area (Å²) in [6, 6.07) is 3.14. The van der Waals surface area contributed by atoms with E-state index in [2.05, 4.69) is 4.72 Å². The third-order valence-corrected chi connectivity index (χ3v) is 7.13. The monoisotopic (exact) mass is 388 g/mol. The van der Waals surface area contributed by atoms with Crippen molar-refractivity contribution in [1.29, 1.82) is 0 Å². The zero-order valence-corrected chi connectivity index (χ0v) is 15.5. The highest BCUT2D eigenvalue weighted by molar-refractivity contribution is 7.99. The zero-order valence-electron chi connectivity index (χ0n) is 13.9. The summed E-state index contributed by atoms with van der Waals surface area (Å²) in [5.41, 5.74) is 0.645. The maximum atomic E-state index is 13.6. The van der Waals surface area contributed by atoms with Crippen LogP contribution < -0.4 is 4.72 Å². The number of fused-ring (bicyclic) bond motifs is 1. The molecule has 1 saturated heterocycles. The minimum atomic E-state index is -3.88. The Morgan fingerprint density at radius 2 is 2.24 bits per heavy atom. The number of rotatable bonds is 5. The number of halogens is 1. The van der Waals surface area contributed by atoms with Crippen LogP contribution in [0.3, 0.4) is 0 Å². The number of carbonyl (C=O) groups excluding carboxylic acids is 1. The van der Waals surface area contributed by atoms with Gasteiger partial charge in [-0.05, 0) is 55.7 Å². The lowest BCUT2D eigenvalue weighted by molar-refractivity contribution is -0.146. The molecule has 0 aliphatic carbocycles. The zero-order chi connectivity index (χ0) is 18.0. The second kappa shape index (κ2) is 7.61. The minimum Gasteiger partial charge on any atom is -0.465 e. The predicted molar refractivity (Wildman–Crippen MR) is 92.9 cm³/mol. The van der Waals surface area contributed by atoms with Crippen molar-refractivity contribution in [3.63, 3.8) is 0 Å². The standard InChI is InChI=1S/C16H21FN2O4S2/c1-2-23-16(20)14-4-3-8-19(14)25(21,22)18-13-7-9-24-15-6-5-11(17)10-12(13)15/h5-6,10,13-14,18H,2-4,7-9H2,1H3/t13-,14+/m1/s1. The number of hydrogen-bond donors (Lipinski definition) is 1. The van der Waals surface area contributed by atoms with Gasteiger partial charge in [0.15, 0.2) is 0 Å². The fraction of sp³-hybridized carbons (Fsp3) is 0.562. The molecule has 0 radical (unpaired) electrons. The average molecular weight is 388 g/mol. The van der Waals surface area contributed by atoms with Gasteiger partial charge in [0.25, 0.3) is 10.2 Å². The van der Waals surface area contributed by atoms with E-state index in [1.807, 2.05) is 0 Å². The van der Waals surface area contributed by atoms with Crippen molar-refractivity contribution in [2.75, 3.05) is 18.9 Å². The van der Waals surface area contributed by atoms with Crippen LogP contribution >= 0.6 is 11.8 Å². The first-order chi connectivity index (χ1) is 11.9. The van der Waals surface area contributed by atoms with E-state index in [1.165, 1.54) is 16.4 Å². The van der Waals surface area contributed by atoms with E-state index in [1.54, 1.807) is 24.8 Å². The summed E-state index contributed by atoms with van der Waals surface area (Å²) in [7, 11) is -3.88. The number of thioether (sulfide) groups is 1. The van der Waals surface area contributed by atoms with Gasteiger partial charge in [0.05, 0.1) is 6.61 Å². The van der Waals surface area contributed by atoms with Gasteiger partial charge in [-0.3, -0.25) is 4.79 Å². The highest BCUT2D eigenvalue weighted by Crippen LogP contribution is 2.37. The molecule has 0 amide bonds. The Morgan fingerprint density at radius 3 is 3.00 bits per heavy atom. The van der Waals surface area contributed by atoms with Crippen molar-refractivity contribution in [2.45, 2.75) is 43.2 Å². The molecule has 1 aromatic carbocycles. The summed E-state index contributed by atoms with van der Waals surface area (Å²) < 4.78 is 48.1. The number of nitrogens with one attached hydrogen (secondary N) is 1. The smallest absolute Gasteiger partial charge is 0.324 e. The summed E-state index contributed by atoms with van der Waals surface area (Å²) >= 11 is 1.58. The molecule has 2 aliphatic heterocycles. The van der Waals surface area contributed by atoms with Gasteiger partial charge in [-0.25, -0.2) is 4.39 Å². The van der Waals surface area contributed by atoms with Crippen LogP contribution in [0, 0.1) is 5.82 Å². The highest BCUT2D eigenvalue weighted by Gasteiger charge is 2.41. The lowest BCUT2D eigenvalue weighted by atomic mass is 10.0. The van der Waals surface area contributed by atoms with E-state index < -0.39 is 34.1 Å².